The number of ether oxygens (including phenoxy) is 1. The SMILES string of the molecule is CC.CC.Cc1cc(COC(=O)CCCCBr)ccc1NC(=O)CCCCBr. The highest BCUT2D eigenvalue weighted by molar-refractivity contribution is 9.09. The van der Waals surface area contributed by atoms with Crippen LogP contribution in [0, 0.1) is 6.92 Å². The Kier molecular flexibility index (Phi) is 21.8. The summed E-state index contributed by atoms with van der Waals surface area (Å²) in [5.74, 6) is -0.136. The van der Waals surface area contributed by atoms with Gasteiger partial charge in [-0.2, -0.15) is 0 Å². The first-order valence-electron chi connectivity index (χ1n) is 10.2. The molecule has 0 aromatic heterocycles. The summed E-state index contributed by atoms with van der Waals surface area (Å²) >= 11 is 6.70. The Morgan fingerprint density at radius 3 is 2.04 bits per heavy atom. The number of alkyl halides is 2. The molecule has 1 rings (SSSR count). The maximum atomic E-state index is 11.9. The lowest BCUT2D eigenvalue weighted by atomic mass is 10.1. The van der Waals surface area contributed by atoms with Gasteiger partial charge in [-0.25, -0.2) is 0 Å². The molecule has 0 radical (unpaired) electrons. The van der Waals surface area contributed by atoms with Crippen LogP contribution < -0.4 is 5.32 Å². The quantitative estimate of drug-likeness (QED) is 0.190. The van der Waals surface area contributed by atoms with Crippen LogP contribution in [0.1, 0.15) is 77.3 Å². The molecule has 0 bridgehead atoms. The van der Waals surface area contributed by atoms with Crippen LogP contribution in [0.3, 0.4) is 0 Å². The summed E-state index contributed by atoms with van der Waals surface area (Å²) in [6.07, 6.45) is 4.65. The predicted molar refractivity (Wildman–Crippen MR) is 128 cm³/mol. The number of anilines is 1. The normalized spacial score (nSPS) is 9.39. The van der Waals surface area contributed by atoms with Gasteiger partial charge in [-0.05, 0) is 49.8 Å². The standard InChI is InChI=1S/C18H25Br2NO3.2C2H6/c1-14-12-15(13-24-18(23)7-3-5-11-20)8-9-16(14)21-17(22)6-2-4-10-19;2*1-2/h8-9,12H,2-7,10-11,13H2,1H3,(H,21,22);2*1-2H3. The van der Waals surface area contributed by atoms with E-state index in [0.717, 1.165) is 53.2 Å². The highest BCUT2D eigenvalue weighted by Gasteiger charge is 2.07. The zero-order valence-electron chi connectivity index (χ0n) is 18.1. The number of rotatable bonds is 11. The molecule has 4 nitrogen and oxygen atoms in total. The minimum Gasteiger partial charge on any atom is -0.461 e. The molecule has 0 saturated heterocycles. The van der Waals surface area contributed by atoms with E-state index in [9.17, 15) is 9.59 Å². The molecule has 1 aromatic rings. The summed E-state index contributed by atoms with van der Waals surface area (Å²) in [5.41, 5.74) is 2.71. The van der Waals surface area contributed by atoms with E-state index in [1.807, 2.05) is 52.8 Å². The van der Waals surface area contributed by atoms with Crippen LogP contribution in [0.15, 0.2) is 18.2 Å². The number of benzene rings is 1. The van der Waals surface area contributed by atoms with Gasteiger partial charge in [-0.1, -0.05) is 71.7 Å². The summed E-state index contributed by atoms with van der Waals surface area (Å²) in [6, 6.07) is 5.69. The molecule has 0 unspecified atom stereocenters. The average molecular weight is 523 g/mol. The van der Waals surface area contributed by atoms with Gasteiger partial charge in [-0.15, -0.1) is 0 Å². The van der Waals surface area contributed by atoms with Crippen molar-refractivity contribution in [2.45, 2.75) is 79.8 Å². The average Bonchev–Trinajstić information content (AvgIpc) is 2.72. The van der Waals surface area contributed by atoms with Gasteiger partial charge in [-0.3, -0.25) is 9.59 Å². The van der Waals surface area contributed by atoms with Crippen LogP contribution in [0.4, 0.5) is 5.69 Å². The third kappa shape index (κ3) is 15.1. The van der Waals surface area contributed by atoms with Crippen molar-refractivity contribution in [1.29, 1.82) is 0 Å². The second kappa shape index (κ2) is 20.8. The van der Waals surface area contributed by atoms with Gasteiger partial charge < -0.3 is 10.1 Å². The second-order valence-corrected chi connectivity index (χ2v) is 7.24. The number of carbonyl (C=O) groups excluding carboxylic acids is 2. The Hall–Kier alpha value is -0.880. The molecule has 0 spiro atoms. The molecular weight excluding hydrogens is 486 g/mol. The topological polar surface area (TPSA) is 55.4 Å². The first kappa shape index (κ1) is 29.3. The summed E-state index contributed by atoms with van der Waals surface area (Å²) in [4.78, 5) is 23.5. The molecule has 0 aliphatic heterocycles. The van der Waals surface area contributed by atoms with Crippen LogP contribution in [0.5, 0.6) is 0 Å². The highest BCUT2D eigenvalue weighted by atomic mass is 79.9. The van der Waals surface area contributed by atoms with E-state index in [1.54, 1.807) is 0 Å². The van der Waals surface area contributed by atoms with Gasteiger partial charge in [0.2, 0.25) is 5.91 Å². The summed E-state index contributed by atoms with van der Waals surface area (Å²) in [5, 5.41) is 4.75. The van der Waals surface area contributed by atoms with Crippen molar-refractivity contribution in [3.05, 3.63) is 29.3 Å². The van der Waals surface area contributed by atoms with Crippen LogP contribution in [0.2, 0.25) is 0 Å². The molecule has 0 heterocycles. The lowest BCUT2D eigenvalue weighted by Gasteiger charge is -2.11. The second-order valence-electron chi connectivity index (χ2n) is 5.65. The van der Waals surface area contributed by atoms with Gasteiger partial charge in [0.05, 0.1) is 0 Å². The molecule has 0 saturated carbocycles. The fourth-order valence-corrected chi connectivity index (χ4v) is 2.94. The minimum atomic E-state index is -0.169. The number of nitrogens with one attached hydrogen (secondary N) is 1. The Labute approximate surface area is 188 Å². The molecule has 28 heavy (non-hydrogen) atoms. The van der Waals surface area contributed by atoms with Gasteiger partial charge in [0.1, 0.15) is 6.61 Å². The highest BCUT2D eigenvalue weighted by Crippen LogP contribution is 2.18. The summed E-state index contributed by atoms with van der Waals surface area (Å²) in [6.45, 7) is 10.2. The Bertz CT molecular complexity index is 537. The van der Waals surface area contributed by atoms with Crippen molar-refractivity contribution in [2.24, 2.45) is 0 Å². The van der Waals surface area contributed by atoms with Crippen molar-refractivity contribution >= 4 is 49.4 Å². The number of halogens is 2. The van der Waals surface area contributed by atoms with Crippen molar-refractivity contribution in [1.82, 2.24) is 0 Å². The number of aryl methyl sites for hydroxylation is 1. The Morgan fingerprint density at radius 2 is 1.50 bits per heavy atom. The van der Waals surface area contributed by atoms with E-state index < -0.39 is 0 Å². The van der Waals surface area contributed by atoms with Crippen LogP contribution in [-0.4, -0.2) is 22.5 Å². The van der Waals surface area contributed by atoms with Gasteiger partial charge in [0, 0.05) is 29.2 Å². The monoisotopic (exact) mass is 521 g/mol. The molecule has 162 valence electrons. The van der Waals surface area contributed by atoms with Crippen LogP contribution in [-0.2, 0) is 20.9 Å². The lowest BCUT2D eigenvalue weighted by molar-refractivity contribution is -0.145. The molecule has 1 amide bonds. The smallest absolute Gasteiger partial charge is 0.306 e. The summed E-state index contributed by atoms with van der Waals surface area (Å²) < 4.78 is 5.27. The van der Waals surface area contributed by atoms with Gasteiger partial charge in [0.25, 0.3) is 0 Å². The van der Waals surface area contributed by atoms with E-state index in [0.29, 0.717) is 12.8 Å². The zero-order valence-corrected chi connectivity index (χ0v) is 21.2. The molecular formula is C22H37Br2NO3. The molecule has 0 atom stereocenters. The number of hydrogen-bond acceptors (Lipinski definition) is 3. The van der Waals surface area contributed by atoms with Crippen molar-refractivity contribution in [2.75, 3.05) is 16.0 Å². The van der Waals surface area contributed by atoms with Gasteiger partial charge in [0.15, 0.2) is 0 Å². The van der Waals surface area contributed by atoms with E-state index in [-0.39, 0.29) is 18.5 Å². The van der Waals surface area contributed by atoms with Crippen LogP contribution >= 0.6 is 31.9 Å². The van der Waals surface area contributed by atoms with E-state index >= 15 is 0 Å². The molecule has 0 aliphatic carbocycles. The van der Waals surface area contributed by atoms with Crippen molar-refractivity contribution in [3.63, 3.8) is 0 Å². The first-order chi connectivity index (χ1) is 13.6. The number of esters is 1. The Morgan fingerprint density at radius 1 is 0.929 bits per heavy atom. The third-order valence-electron chi connectivity index (χ3n) is 3.52. The van der Waals surface area contributed by atoms with Gasteiger partial charge >= 0.3 is 5.97 Å². The summed E-state index contributed by atoms with van der Waals surface area (Å²) in [7, 11) is 0. The fraction of sp³-hybridized carbons (Fsp3) is 0.636. The lowest BCUT2D eigenvalue weighted by Crippen LogP contribution is -2.12. The molecule has 1 N–H and O–H groups in total. The number of hydrogen-bond donors (Lipinski definition) is 1. The van der Waals surface area contributed by atoms with E-state index in [2.05, 4.69) is 37.2 Å². The molecule has 0 aliphatic rings. The fourth-order valence-electron chi connectivity index (χ4n) is 2.15. The van der Waals surface area contributed by atoms with Crippen molar-refractivity contribution in [3.8, 4) is 0 Å². The first-order valence-corrected chi connectivity index (χ1v) is 12.5. The number of carbonyl (C=O) groups is 2. The van der Waals surface area contributed by atoms with Crippen LogP contribution in [0.25, 0.3) is 0 Å². The maximum Gasteiger partial charge on any atom is 0.306 e. The van der Waals surface area contributed by atoms with E-state index in [1.165, 1.54) is 0 Å². The zero-order chi connectivity index (χ0) is 21.8. The largest absolute Gasteiger partial charge is 0.461 e. The third-order valence-corrected chi connectivity index (χ3v) is 4.64. The maximum absolute atomic E-state index is 11.9. The number of amides is 1. The molecule has 0 fully saturated rings. The minimum absolute atomic E-state index is 0.0324. The molecule has 1 aromatic carbocycles. The predicted octanol–water partition coefficient (Wildman–Crippen LogP) is 7.16. The Balaban J connectivity index is 0. The molecule has 6 heteroatoms. The van der Waals surface area contributed by atoms with E-state index in [4.69, 9.17) is 4.74 Å². The van der Waals surface area contributed by atoms with Crippen molar-refractivity contribution < 1.29 is 14.3 Å². The number of unbranched alkanes of at least 4 members (excludes halogenated alkanes) is 2.